The van der Waals surface area contributed by atoms with E-state index in [1.165, 1.54) is 12.1 Å². The molecule has 0 fully saturated rings. The third kappa shape index (κ3) is 3.67. The van der Waals surface area contributed by atoms with Crippen LogP contribution in [0.3, 0.4) is 0 Å². The van der Waals surface area contributed by atoms with Crippen LogP contribution in [0.5, 0.6) is 0 Å². The van der Waals surface area contributed by atoms with Crippen molar-refractivity contribution in [3.63, 3.8) is 0 Å². The van der Waals surface area contributed by atoms with Crippen LogP contribution in [-0.4, -0.2) is 30.3 Å². The van der Waals surface area contributed by atoms with E-state index in [-0.39, 0.29) is 16.6 Å². The van der Waals surface area contributed by atoms with Gasteiger partial charge >= 0.3 is 11.9 Å². The van der Waals surface area contributed by atoms with Crippen LogP contribution in [0.15, 0.2) is 58.6 Å². The lowest BCUT2D eigenvalue weighted by Gasteiger charge is -2.08. The monoisotopic (exact) mass is 427 g/mol. The summed E-state index contributed by atoms with van der Waals surface area (Å²) in [6.07, 6.45) is 2.37. The Labute approximate surface area is 172 Å². The number of alkyl halides is 3. The SMILES string of the molecule is C#CCSc1nc2c(-c3ccc(C(F)(F)F)cc3)c(-c3ccccn3)nn2c(=O)[nH]1. The van der Waals surface area contributed by atoms with Gasteiger partial charge in [-0.15, -0.1) is 6.42 Å². The number of fused-ring (bicyclic) bond motifs is 1. The summed E-state index contributed by atoms with van der Waals surface area (Å²) in [7, 11) is 0. The smallest absolute Gasteiger partial charge is 0.285 e. The molecule has 0 spiro atoms. The number of hydrogen-bond acceptors (Lipinski definition) is 5. The number of halogens is 3. The minimum absolute atomic E-state index is 0.193. The number of H-pyrrole nitrogens is 1. The fourth-order valence-electron chi connectivity index (χ4n) is 2.87. The molecule has 1 aromatic carbocycles. The van der Waals surface area contributed by atoms with Gasteiger partial charge in [0.25, 0.3) is 0 Å². The predicted octanol–water partition coefficient (Wildman–Crippen LogP) is 3.89. The molecule has 0 atom stereocenters. The van der Waals surface area contributed by atoms with Crippen molar-refractivity contribution in [1.29, 1.82) is 0 Å². The van der Waals surface area contributed by atoms with Crippen molar-refractivity contribution in [2.45, 2.75) is 11.3 Å². The molecule has 0 aliphatic heterocycles. The lowest BCUT2D eigenvalue weighted by atomic mass is 10.0. The highest BCUT2D eigenvalue weighted by molar-refractivity contribution is 7.99. The van der Waals surface area contributed by atoms with Gasteiger partial charge in [-0.05, 0) is 29.8 Å². The number of benzene rings is 1. The lowest BCUT2D eigenvalue weighted by molar-refractivity contribution is -0.137. The molecule has 0 radical (unpaired) electrons. The van der Waals surface area contributed by atoms with Gasteiger partial charge in [-0.2, -0.15) is 22.8 Å². The highest BCUT2D eigenvalue weighted by Crippen LogP contribution is 2.36. The maximum atomic E-state index is 13.0. The van der Waals surface area contributed by atoms with Crippen LogP contribution in [0.4, 0.5) is 13.2 Å². The van der Waals surface area contributed by atoms with Gasteiger partial charge in [-0.3, -0.25) is 9.97 Å². The molecule has 3 aromatic heterocycles. The Morgan fingerprint density at radius 3 is 2.57 bits per heavy atom. The van der Waals surface area contributed by atoms with Gasteiger partial charge < -0.3 is 0 Å². The summed E-state index contributed by atoms with van der Waals surface area (Å²) >= 11 is 1.16. The Hall–Kier alpha value is -3.58. The molecular weight excluding hydrogens is 415 g/mol. The Morgan fingerprint density at radius 2 is 1.93 bits per heavy atom. The van der Waals surface area contributed by atoms with Crippen molar-refractivity contribution < 1.29 is 13.2 Å². The topological polar surface area (TPSA) is 75.9 Å². The highest BCUT2D eigenvalue weighted by Gasteiger charge is 2.30. The van der Waals surface area contributed by atoms with Crippen LogP contribution in [0.1, 0.15) is 5.56 Å². The van der Waals surface area contributed by atoms with E-state index in [9.17, 15) is 18.0 Å². The summed E-state index contributed by atoms with van der Waals surface area (Å²) in [5.74, 6) is 2.73. The van der Waals surface area contributed by atoms with Gasteiger partial charge in [-0.1, -0.05) is 35.9 Å². The first-order valence-electron chi connectivity index (χ1n) is 8.57. The van der Waals surface area contributed by atoms with Crippen LogP contribution >= 0.6 is 11.8 Å². The zero-order valence-corrected chi connectivity index (χ0v) is 16.0. The standard InChI is InChI=1S/C20H12F3N5OS/c1-2-11-30-18-25-17-15(12-6-8-13(9-7-12)20(21,22)23)16(14-5-3-4-10-24-14)27-28(17)19(29)26-18/h1,3-10H,11H2,(H,25,26,29). The fourth-order valence-corrected chi connectivity index (χ4v) is 3.41. The average Bonchev–Trinajstić information content (AvgIpc) is 3.12. The van der Waals surface area contributed by atoms with Gasteiger partial charge in [0.1, 0.15) is 5.69 Å². The molecular formula is C20H12F3N5OS. The highest BCUT2D eigenvalue weighted by atomic mass is 32.2. The molecule has 4 aromatic rings. The van der Waals surface area contributed by atoms with Gasteiger partial charge in [0, 0.05) is 6.20 Å². The number of rotatable bonds is 4. The second kappa shape index (κ2) is 7.68. The van der Waals surface area contributed by atoms with Crippen LogP contribution < -0.4 is 5.69 Å². The molecule has 1 N–H and O–H groups in total. The summed E-state index contributed by atoms with van der Waals surface area (Å²) in [4.78, 5) is 23.8. The normalized spacial score (nSPS) is 11.5. The minimum Gasteiger partial charge on any atom is -0.285 e. The third-order valence-corrected chi connectivity index (χ3v) is 4.95. The average molecular weight is 427 g/mol. The fraction of sp³-hybridized carbons (Fsp3) is 0.100. The number of nitrogens with zero attached hydrogens (tertiary/aromatic N) is 4. The van der Waals surface area contributed by atoms with Crippen LogP contribution in [0, 0.1) is 12.3 Å². The number of thioether (sulfide) groups is 1. The molecule has 10 heteroatoms. The first kappa shape index (κ1) is 19.7. The zero-order valence-electron chi connectivity index (χ0n) is 15.1. The molecule has 0 aliphatic carbocycles. The Balaban J connectivity index is 1.98. The van der Waals surface area contributed by atoms with Gasteiger partial charge in [-0.25, -0.2) is 9.78 Å². The molecule has 150 valence electrons. The summed E-state index contributed by atoms with van der Waals surface area (Å²) in [5, 5.41) is 4.61. The molecule has 0 aliphatic rings. The molecule has 3 heterocycles. The molecule has 6 nitrogen and oxygen atoms in total. The molecule has 4 rings (SSSR count). The van der Waals surface area contributed by atoms with E-state index < -0.39 is 17.4 Å². The van der Waals surface area contributed by atoms with Crippen molar-refractivity contribution in [2.75, 3.05) is 5.75 Å². The van der Waals surface area contributed by atoms with E-state index in [1.807, 2.05) is 0 Å². The van der Waals surface area contributed by atoms with Crippen molar-refractivity contribution in [2.24, 2.45) is 0 Å². The summed E-state index contributed by atoms with van der Waals surface area (Å²) < 4.78 is 40.0. The number of nitrogens with one attached hydrogen (secondary N) is 1. The van der Waals surface area contributed by atoms with Crippen LogP contribution in [0.2, 0.25) is 0 Å². The van der Waals surface area contributed by atoms with E-state index in [0.29, 0.717) is 22.5 Å². The van der Waals surface area contributed by atoms with E-state index in [1.54, 1.807) is 24.4 Å². The van der Waals surface area contributed by atoms with Crippen molar-refractivity contribution in [3.05, 3.63) is 64.7 Å². The van der Waals surface area contributed by atoms with E-state index in [0.717, 1.165) is 28.4 Å². The summed E-state index contributed by atoms with van der Waals surface area (Å²) in [6, 6.07) is 9.75. The van der Waals surface area contributed by atoms with Gasteiger partial charge in [0.05, 0.1) is 22.6 Å². The quantitative estimate of drug-likeness (QED) is 0.395. The zero-order chi connectivity index (χ0) is 21.3. The molecule has 0 saturated heterocycles. The van der Waals surface area contributed by atoms with Gasteiger partial charge in [0.2, 0.25) is 0 Å². The number of hydrogen-bond donors (Lipinski definition) is 1. The minimum atomic E-state index is -4.46. The number of terminal acetylenes is 1. The van der Waals surface area contributed by atoms with Crippen LogP contribution in [-0.2, 0) is 6.18 Å². The first-order chi connectivity index (χ1) is 14.4. The molecule has 30 heavy (non-hydrogen) atoms. The summed E-state index contributed by atoms with van der Waals surface area (Å²) in [5.41, 5.74) is 0.468. The van der Waals surface area contributed by atoms with Crippen molar-refractivity contribution in [1.82, 2.24) is 24.6 Å². The third-order valence-electron chi connectivity index (χ3n) is 4.18. The first-order valence-corrected chi connectivity index (χ1v) is 9.55. The maximum Gasteiger partial charge on any atom is 0.416 e. The maximum absolute atomic E-state index is 13.0. The Bertz CT molecular complexity index is 1310. The second-order valence-corrected chi connectivity index (χ2v) is 7.05. The molecule has 0 amide bonds. The van der Waals surface area contributed by atoms with E-state index in [2.05, 4.69) is 26.0 Å². The van der Waals surface area contributed by atoms with E-state index in [4.69, 9.17) is 6.42 Å². The molecule has 0 bridgehead atoms. The lowest BCUT2D eigenvalue weighted by Crippen LogP contribution is -2.19. The summed E-state index contributed by atoms with van der Waals surface area (Å²) in [6.45, 7) is 0. The van der Waals surface area contributed by atoms with Gasteiger partial charge in [0.15, 0.2) is 10.8 Å². The number of aromatic nitrogens is 5. The second-order valence-electron chi connectivity index (χ2n) is 6.09. The van der Waals surface area contributed by atoms with Crippen LogP contribution in [0.25, 0.3) is 28.2 Å². The van der Waals surface area contributed by atoms with Crippen molar-refractivity contribution in [3.8, 4) is 34.9 Å². The van der Waals surface area contributed by atoms with Crippen molar-refractivity contribution >= 4 is 17.4 Å². The largest absolute Gasteiger partial charge is 0.416 e. The predicted molar refractivity (Wildman–Crippen MR) is 107 cm³/mol. The Kier molecular flexibility index (Phi) is 5.05. The van der Waals surface area contributed by atoms with E-state index >= 15 is 0 Å². The Morgan fingerprint density at radius 1 is 1.17 bits per heavy atom. The number of pyridine rings is 1. The molecule has 0 unspecified atom stereocenters. The number of aromatic amines is 1. The molecule has 0 saturated carbocycles.